The number of ether oxygens (including phenoxy) is 1. The topological polar surface area (TPSA) is 67.4 Å². The number of amides is 1. The fourth-order valence-electron chi connectivity index (χ4n) is 8.08. The first-order valence-electron chi connectivity index (χ1n) is 17.3. The number of unbranched alkanes of at least 4 members (excludes halogenated alkanes) is 1. The summed E-state index contributed by atoms with van der Waals surface area (Å²) in [5.74, 6) is 1.95. The molecule has 2 aliphatic carbocycles. The van der Waals surface area contributed by atoms with Crippen molar-refractivity contribution in [2.75, 3.05) is 19.8 Å². The molecule has 3 aliphatic rings. The second kappa shape index (κ2) is 18.5. The Morgan fingerprint density at radius 1 is 0.821 bits per heavy atom. The number of fused-ring (bicyclic) bond motifs is 1. The molecule has 1 aliphatic heterocycles. The summed E-state index contributed by atoms with van der Waals surface area (Å²) in [6, 6.07) is 0.491. The molecule has 3 atom stereocenters. The molecule has 3 unspecified atom stereocenters. The van der Waals surface area contributed by atoms with Crippen LogP contribution >= 0.6 is 0 Å². The Kier molecular flexibility index (Phi) is 15.4. The van der Waals surface area contributed by atoms with E-state index in [-0.39, 0.29) is 17.4 Å². The monoisotopic (exact) mass is 546 g/mol. The summed E-state index contributed by atoms with van der Waals surface area (Å²) in [5.41, 5.74) is -0.132. The summed E-state index contributed by atoms with van der Waals surface area (Å²) in [4.78, 5) is 25.9. The fourth-order valence-corrected chi connectivity index (χ4v) is 8.08. The third-order valence-electron chi connectivity index (χ3n) is 10.6. The number of hydrogen-bond acceptors (Lipinski definition) is 4. The summed E-state index contributed by atoms with van der Waals surface area (Å²) in [5, 5.41) is 6.86. The first-order chi connectivity index (χ1) is 19.1. The van der Waals surface area contributed by atoms with Gasteiger partial charge in [-0.1, -0.05) is 90.9 Å². The number of piperidine rings is 1. The predicted octanol–water partition coefficient (Wildman–Crippen LogP) is 7.90. The smallest absolute Gasteiger partial charge is 0.222 e. The molecule has 0 radical (unpaired) electrons. The summed E-state index contributed by atoms with van der Waals surface area (Å²) in [6.45, 7) is 6.46. The molecule has 0 spiro atoms. The van der Waals surface area contributed by atoms with Gasteiger partial charge in [-0.25, -0.2) is 0 Å². The van der Waals surface area contributed by atoms with Crippen molar-refractivity contribution in [3.8, 4) is 0 Å². The zero-order chi connectivity index (χ0) is 27.8. The molecule has 1 amide bonds. The Morgan fingerprint density at radius 2 is 1.46 bits per heavy atom. The van der Waals surface area contributed by atoms with Gasteiger partial charge in [-0.05, 0) is 69.6 Å². The van der Waals surface area contributed by atoms with Gasteiger partial charge in [-0.3, -0.25) is 9.59 Å². The van der Waals surface area contributed by atoms with E-state index >= 15 is 0 Å². The van der Waals surface area contributed by atoms with E-state index in [9.17, 15) is 9.59 Å². The van der Waals surface area contributed by atoms with Crippen LogP contribution in [-0.4, -0.2) is 43.5 Å². The quantitative estimate of drug-likeness (QED) is 0.217. The zero-order valence-electron chi connectivity index (χ0n) is 25.7. The number of rotatable bonds is 14. The van der Waals surface area contributed by atoms with Gasteiger partial charge in [0.1, 0.15) is 0 Å². The molecular formula is C34H62N2O3. The predicted molar refractivity (Wildman–Crippen MR) is 162 cm³/mol. The van der Waals surface area contributed by atoms with Crippen molar-refractivity contribution < 1.29 is 14.3 Å². The van der Waals surface area contributed by atoms with Crippen molar-refractivity contribution in [1.82, 2.24) is 10.6 Å². The second-order valence-corrected chi connectivity index (χ2v) is 13.1. The fraction of sp³-hybridized carbons (Fsp3) is 0.941. The van der Waals surface area contributed by atoms with Crippen molar-refractivity contribution >= 4 is 11.7 Å². The van der Waals surface area contributed by atoms with Gasteiger partial charge in [-0.15, -0.1) is 0 Å². The van der Waals surface area contributed by atoms with E-state index in [1.165, 1.54) is 96.3 Å². The van der Waals surface area contributed by atoms with E-state index < -0.39 is 0 Å². The molecule has 1 saturated heterocycles. The van der Waals surface area contributed by atoms with Crippen LogP contribution in [0.5, 0.6) is 0 Å². The largest absolute Gasteiger partial charge is 0.381 e. The SMILES string of the molecule is CCC1(CC)C(=O)C(CCCCNC(=O)CCOCCCC2CCCCCCCCC2)NC2CCCCCC21. The van der Waals surface area contributed by atoms with Crippen molar-refractivity contribution in [3.05, 3.63) is 0 Å². The van der Waals surface area contributed by atoms with Crippen LogP contribution < -0.4 is 10.6 Å². The van der Waals surface area contributed by atoms with E-state index in [0.29, 0.717) is 37.3 Å². The van der Waals surface area contributed by atoms with Crippen LogP contribution in [0.4, 0.5) is 0 Å². The van der Waals surface area contributed by atoms with Crippen molar-refractivity contribution in [2.24, 2.45) is 17.3 Å². The maximum atomic E-state index is 13.6. The maximum absolute atomic E-state index is 13.6. The van der Waals surface area contributed by atoms with Gasteiger partial charge in [0.2, 0.25) is 5.91 Å². The van der Waals surface area contributed by atoms with Crippen LogP contribution in [0.25, 0.3) is 0 Å². The molecule has 3 rings (SSSR count). The van der Waals surface area contributed by atoms with Crippen LogP contribution in [0.1, 0.15) is 155 Å². The molecule has 39 heavy (non-hydrogen) atoms. The number of Topliss-reactive ketones (excluding diaryl/α,β-unsaturated/α-hetero) is 1. The number of nitrogens with one attached hydrogen (secondary N) is 2. The average molecular weight is 547 g/mol. The van der Waals surface area contributed by atoms with Crippen LogP contribution in [0.15, 0.2) is 0 Å². The molecule has 1 heterocycles. The number of carbonyl (C=O) groups is 2. The van der Waals surface area contributed by atoms with Crippen molar-refractivity contribution in [2.45, 2.75) is 167 Å². The lowest BCUT2D eigenvalue weighted by molar-refractivity contribution is -0.141. The minimum atomic E-state index is -0.132. The number of carbonyl (C=O) groups excluding carboxylic acids is 2. The third-order valence-corrected chi connectivity index (χ3v) is 10.6. The van der Waals surface area contributed by atoms with E-state index in [1.807, 2.05) is 0 Å². The average Bonchev–Trinajstić information content (AvgIpc) is 3.20. The summed E-state index contributed by atoms with van der Waals surface area (Å²) < 4.78 is 5.80. The Hall–Kier alpha value is -0.940. The molecule has 5 heteroatoms. The van der Waals surface area contributed by atoms with Gasteiger partial charge in [0.15, 0.2) is 5.78 Å². The first kappa shape index (κ1) is 32.6. The van der Waals surface area contributed by atoms with Gasteiger partial charge in [0, 0.05) is 31.0 Å². The van der Waals surface area contributed by atoms with Crippen LogP contribution in [-0.2, 0) is 14.3 Å². The lowest BCUT2D eigenvalue weighted by atomic mass is 9.60. The van der Waals surface area contributed by atoms with Crippen LogP contribution in [0, 0.1) is 17.3 Å². The van der Waals surface area contributed by atoms with E-state index in [0.717, 1.165) is 51.0 Å². The van der Waals surface area contributed by atoms with Gasteiger partial charge < -0.3 is 15.4 Å². The number of ketones is 1. The maximum Gasteiger partial charge on any atom is 0.222 e. The van der Waals surface area contributed by atoms with Gasteiger partial charge in [-0.2, -0.15) is 0 Å². The Morgan fingerprint density at radius 3 is 2.18 bits per heavy atom. The third kappa shape index (κ3) is 10.4. The van der Waals surface area contributed by atoms with E-state index in [2.05, 4.69) is 24.5 Å². The zero-order valence-corrected chi connectivity index (χ0v) is 25.7. The molecule has 226 valence electrons. The molecule has 3 fully saturated rings. The Bertz CT molecular complexity index is 682. The van der Waals surface area contributed by atoms with Crippen molar-refractivity contribution in [3.63, 3.8) is 0 Å². The van der Waals surface area contributed by atoms with Crippen LogP contribution in [0.2, 0.25) is 0 Å². The normalized spacial score (nSPS) is 26.9. The van der Waals surface area contributed by atoms with Crippen LogP contribution in [0.3, 0.4) is 0 Å². The highest BCUT2D eigenvalue weighted by molar-refractivity contribution is 5.91. The van der Waals surface area contributed by atoms with E-state index in [1.54, 1.807) is 0 Å². The van der Waals surface area contributed by atoms with Crippen molar-refractivity contribution in [1.29, 1.82) is 0 Å². The lowest BCUT2D eigenvalue weighted by Gasteiger charge is -2.50. The first-order valence-corrected chi connectivity index (χ1v) is 17.3. The Balaban J connectivity index is 1.24. The molecule has 5 nitrogen and oxygen atoms in total. The Labute approximate surface area is 240 Å². The minimum Gasteiger partial charge on any atom is -0.381 e. The highest BCUT2D eigenvalue weighted by Crippen LogP contribution is 2.47. The molecule has 2 saturated carbocycles. The minimum absolute atomic E-state index is 0.00951. The molecule has 2 N–H and O–H groups in total. The van der Waals surface area contributed by atoms with Gasteiger partial charge in [0.25, 0.3) is 0 Å². The van der Waals surface area contributed by atoms with Gasteiger partial charge in [0.05, 0.1) is 12.6 Å². The molecule has 0 aromatic carbocycles. The summed E-state index contributed by atoms with van der Waals surface area (Å²) in [6.07, 6.45) is 26.6. The second-order valence-electron chi connectivity index (χ2n) is 13.1. The highest BCUT2D eigenvalue weighted by Gasteiger charge is 2.52. The molecule has 0 bridgehead atoms. The highest BCUT2D eigenvalue weighted by atomic mass is 16.5. The molecule has 0 aromatic heterocycles. The lowest BCUT2D eigenvalue weighted by Crippen LogP contribution is -2.62. The molecular weight excluding hydrogens is 484 g/mol. The summed E-state index contributed by atoms with van der Waals surface area (Å²) in [7, 11) is 0. The standard InChI is InChI=1S/C34H62N2O3/c1-3-34(4-2)29-21-13-10-14-22-30(29)36-31(33(34)38)23-15-16-25-35-32(37)24-27-39-26-17-20-28-18-11-8-6-5-7-9-12-19-28/h28-31,36H,3-27H2,1-2H3,(H,35,37). The summed E-state index contributed by atoms with van der Waals surface area (Å²) >= 11 is 0. The number of hydrogen-bond donors (Lipinski definition) is 2. The molecule has 0 aromatic rings. The van der Waals surface area contributed by atoms with E-state index in [4.69, 9.17) is 4.74 Å². The van der Waals surface area contributed by atoms with Gasteiger partial charge >= 0.3 is 0 Å².